The van der Waals surface area contributed by atoms with Crippen LogP contribution < -0.4 is 0 Å². The molecule has 2 fully saturated rings. The number of morpholine rings is 1. The van der Waals surface area contributed by atoms with E-state index >= 15 is 0 Å². The standard InChI is InChI=1S/C21H29ClN2O6S/c1-14-6-8-23(9-7-14)20(25)13-29-21(26)17-4-5-18(22)19(10-17)31(27,28)24-11-15(2)30-16(3)12-24/h4-5,10,14-16H,6-9,11-13H2,1-3H3/t15-,16-/m1/s1. The summed E-state index contributed by atoms with van der Waals surface area (Å²) in [6, 6.07) is 3.95. The molecule has 2 aliphatic rings. The van der Waals surface area contributed by atoms with E-state index in [1.165, 1.54) is 22.5 Å². The lowest BCUT2D eigenvalue weighted by Gasteiger charge is -2.34. The second-order valence-corrected chi connectivity index (χ2v) is 10.7. The third kappa shape index (κ3) is 5.77. The maximum Gasteiger partial charge on any atom is 0.338 e. The molecular weight excluding hydrogens is 444 g/mol. The van der Waals surface area contributed by atoms with Crippen LogP contribution in [0.4, 0.5) is 0 Å². The lowest BCUT2D eigenvalue weighted by molar-refractivity contribution is -0.135. The van der Waals surface area contributed by atoms with Crippen molar-refractivity contribution in [3.63, 3.8) is 0 Å². The minimum absolute atomic E-state index is 0.0156. The average molecular weight is 473 g/mol. The molecule has 1 amide bonds. The highest BCUT2D eigenvalue weighted by atomic mass is 35.5. The van der Waals surface area contributed by atoms with Crippen LogP contribution in [0, 0.1) is 5.92 Å². The second-order valence-electron chi connectivity index (χ2n) is 8.36. The Bertz CT molecular complexity index is 920. The number of amides is 1. The highest BCUT2D eigenvalue weighted by molar-refractivity contribution is 7.89. The lowest BCUT2D eigenvalue weighted by atomic mass is 9.99. The second kappa shape index (κ2) is 9.85. The van der Waals surface area contributed by atoms with Crippen LogP contribution in [0.3, 0.4) is 0 Å². The van der Waals surface area contributed by atoms with Gasteiger partial charge in [0.15, 0.2) is 6.61 Å². The molecule has 0 N–H and O–H groups in total. The minimum atomic E-state index is -3.93. The van der Waals surface area contributed by atoms with Crippen molar-refractivity contribution in [2.45, 2.75) is 50.7 Å². The fourth-order valence-electron chi connectivity index (χ4n) is 3.85. The zero-order valence-electron chi connectivity index (χ0n) is 18.0. The number of halogens is 1. The number of carbonyl (C=O) groups excluding carboxylic acids is 2. The minimum Gasteiger partial charge on any atom is -0.452 e. The fourth-order valence-corrected chi connectivity index (χ4v) is 5.94. The zero-order valence-corrected chi connectivity index (χ0v) is 19.6. The Morgan fingerprint density at radius 2 is 1.74 bits per heavy atom. The third-order valence-corrected chi connectivity index (χ3v) is 7.95. The number of nitrogens with zero attached hydrogens (tertiary/aromatic N) is 2. The molecule has 0 spiro atoms. The van der Waals surface area contributed by atoms with Crippen molar-refractivity contribution in [2.24, 2.45) is 5.92 Å². The van der Waals surface area contributed by atoms with Gasteiger partial charge in [0, 0.05) is 26.2 Å². The van der Waals surface area contributed by atoms with E-state index in [0.29, 0.717) is 19.0 Å². The van der Waals surface area contributed by atoms with Gasteiger partial charge in [-0.25, -0.2) is 13.2 Å². The molecule has 31 heavy (non-hydrogen) atoms. The number of esters is 1. The third-order valence-electron chi connectivity index (χ3n) is 5.63. The van der Waals surface area contributed by atoms with Crippen molar-refractivity contribution < 1.29 is 27.5 Å². The van der Waals surface area contributed by atoms with Crippen molar-refractivity contribution in [3.05, 3.63) is 28.8 Å². The molecule has 0 radical (unpaired) electrons. The number of carbonyl (C=O) groups is 2. The summed E-state index contributed by atoms with van der Waals surface area (Å²) in [6.45, 7) is 7.06. The van der Waals surface area contributed by atoms with Crippen LogP contribution in [0.2, 0.25) is 5.02 Å². The fraction of sp³-hybridized carbons (Fsp3) is 0.619. The van der Waals surface area contributed by atoms with Gasteiger partial charge in [0.1, 0.15) is 4.90 Å². The van der Waals surface area contributed by atoms with Crippen LogP contribution in [0.1, 0.15) is 44.0 Å². The Morgan fingerprint density at radius 3 is 2.35 bits per heavy atom. The molecule has 3 rings (SSSR count). The Kier molecular flexibility index (Phi) is 7.62. The number of hydrogen-bond donors (Lipinski definition) is 0. The number of benzene rings is 1. The summed E-state index contributed by atoms with van der Waals surface area (Å²) in [5, 5.41) is 0.0156. The van der Waals surface area contributed by atoms with Gasteiger partial charge < -0.3 is 14.4 Å². The first-order chi connectivity index (χ1) is 14.6. The van der Waals surface area contributed by atoms with Crippen molar-refractivity contribution in [3.8, 4) is 0 Å². The predicted octanol–water partition coefficient (Wildman–Crippen LogP) is 2.55. The van der Waals surface area contributed by atoms with E-state index in [0.717, 1.165) is 12.8 Å². The van der Waals surface area contributed by atoms with Crippen molar-refractivity contribution in [1.29, 1.82) is 0 Å². The summed E-state index contributed by atoms with van der Waals surface area (Å²) < 4.78 is 38.4. The van der Waals surface area contributed by atoms with Gasteiger partial charge >= 0.3 is 5.97 Å². The van der Waals surface area contributed by atoms with Crippen LogP contribution in [0.5, 0.6) is 0 Å². The topological polar surface area (TPSA) is 93.2 Å². The van der Waals surface area contributed by atoms with Gasteiger partial charge in [-0.15, -0.1) is 0 Å². The highest BCUT2D eigenvalue weighted by Gasteiger charge is 2.34. The first kappa shape index (κ1) is 24.0. The number of rotatable bonds is 5. The number of ether oxygens (including phenoxy) is 2. The van der Waals surface area contributed by atoms with Gasteiger partial charge in [0.05, 0.1) is 22.8 Å². The van der Waals surface area contributed by atoms with Crippen LogP contribution >= 0.6 is 11.6 Å². The first-order valence-electron chi connectivity index (χ1n) is 10.5. The molecule has 2 atom stereocenters. The highest BCUT2D eigenvalue weighted by Crippen LogP contribution is 2.28. The number of sulfonamides is 1. The van der Waals surface area contributed by atoms with Crippen LogP contribution in [-0.4, -0.2) is 74.5 Å². The monoisotopic (exact) mass is 472 g/mol. The summed E-state index contributed by atoms with van der Waals surface area (Å²) in [5.41, 5.74) is 0.0254. The molecule has 0 aliphatic carbocycles. The van der Waals surface area contributed by atoms with Crippen LogP contribution in [0.25, 0.3) is 0 Å². The molecule has 8 nitrogen and oxygen atoms in total. The molecule has 1 aromatic rings. The molecule has 2 aliphatic heterocycles. The lowest BCUT2D eigenvalue weighted by Crippen LogP contribution is -2.48. The Balaban J connectivity index is 1.70. The SMILES string of the molecule is CC1CCN(C(=O)COC(=O)c2ccc(Cl)c(S(=O)(=O)N3C[C@@H](C)O[C@H](C)C3)c2)CC1. The summed E-state index contributed by atoms with van der Waals surface area (Å²) in [6.07, 6.45) is 1.34. The summed E-state index contributed by atoms with van der Waals surface area (Å²) >= 11 is 6.17. The van der Waals surface area contributed by atoms with Crippen LogP contribution in [0.15, 0.2) is 23.1 Å². The van der Waals surface area contributed by atoms with Crippen molar-refractivity contribution in [1.82, 2.24) is 9.21 Å². The molecule has 0 aromatic heterocycles. The van der Waals surface area contributed by atoms with Gasteiger partial charge in [-0.05, 0) is 50.8 Å². The predicted molar refractivity (Wildman–Crippen MR) is 115 cm³/mol. The molecule has 2 heterocycles. The van der Waals surface area contributed by atoms with Gasteiger partial charge in [-0.1, -0.05) is 18.5 Å². The average Bonchev–Trinajstić information content (AvgIpc) is 2.71. The maximum atomic E-state index is 13.1. The van der Waals surface area contributed by atoms with E-state index in [1.54, 1.807) is 18.7 Å². The Hall–Kier alpha value is -1.68. The molecule has 2 saturated heterocycles. The van der Waals surface area contributed by atoms with Crippen LogP contribution in [-0.2, 0) is 24.3 Å². The van der Waals surface area contributed by atoms with Crippen molar-refractivity contribution >= 4 is 33.5 Å². The number of likely N-dealkylation sites (tertiary alicyclic amines) is 1. The maximum absolute atomic E-state index is 13.1. The molecule has 1 aromatic carbocycles. The van der Waals surface area contributed by atoms with Gasteiger partial charge in [0.25, 0.3) is 5.91 Å². The largest absolute Gasteiger partial charge is 0.452 e. The number of hydrogen-bond acceptors (Lipinski definition) is 6. The summed E-state index contributed by atoms with van der Waals surface area (Å²) in [4.78, 5) is 26.3. The summed E-state index contributed by atoms with van der Waals surface area (Å²) in [7, 11) is -3.93. The molecular formula is C21H29ClN2O6S. The Morgan fingerprint density at radius 1 is 1.13 bits per heavy atom. The molecule has 0 bridgehead atoms. The van der Waals surface area contributed by atoms with Gasteiger partial charge in [0.2, 0.25) is 10.0 Å². The van der Waals surface area contributed by atoms with Gasteiger partial charge in [-0.2, -0.15) is 4.31 Å². The molecule has 0 saturated carbocycles. The Labute approximate surface area is 188 Å². The van der Waals surface area contributed by atoms with E-state index in [9.17, 15) is 18.0 Å². The molecule has 172 valence electrons. The van der Waals surface area contributed by atoms with E-state index < -0.39 is 16.0 Å². The zero-order chi connectivity index (χ0) is 22.8. The van der Waals surface area contributed by atoms with E-state index in [2.05, 4.69) is 6.92 Å². The van der Waals surface area contributed by atoms with E-state index in [-0.39, 0.29) is 53.3 Å². The quantitative estimate of drug-likeness (QED) is 0.611. The molecule has 10 heteroatoms. The first-order valence-corrected chi connectivity index (χ1v) is 12.3. The smallest absolute Gasteiger partial charge is 0.338 e. The van der Waals surface area contributed by atoms with E-state index in [1.807, 2.05) is 0 Å². The van der Waals surface area contributed by atoms with Gasteiger partial charge in [-0.3, -0.25) is 4.79 Å². The molecule has 0 unspecified atom stereocenters. The number of piperidine rings is 1. The summed E-state index contributed by atoms with van der Waals surface area (Å²) in [5.74, 6) is -0.438. The van der Waals surface area contributed by atoms with E-state index in [4.69, 9.17) is 21.1 Å². The van der Waals surface area contributed by atoms with Crippen molar-refractivity contribution in [2.75, 3.05) is 32.8 Å². The normalized spacial score (nSPS) is 23.5.